The molecule has 154 valence electrons. The van der Waals surface area contributed by atoms with E-state index in [0.717, 1.165) is 17.7 Å². The molecule has 2 amide bonds. The maximum absolute atomic E-state index is 13.9. The van der Waals surface area contributed by atoms with Crippen LogP contribution >= 0.6 is 0 Å². The molecule has 29 heavy (non-hydrogen) atoms. The van der Waals surface area contributed by atoms with Gasteiger partial charge in [0.1, 0.15) is 5.75 Å². The van der Waals surface area contributed by atoms with Gasteiger partial charge in [0.15, 0.2) is 17.5 Å². The van der Waals surface area contributed by atoms with Crippen LogP contribution in [0.4, 0.5) is 13.2 Å². The van der Waals surface area contributed by atoms with Gasteiger partial charge in [0.25, 0.3) is 5.91 Å². The molecule has 0 atom stereocenters. The van der Waals surface area contributed by atoms with Crippen molar-refractivity contribution in [3.63, 3.8) is 0 Å². The van der Waals surface area contributed by atoms with Gasteiger partial charge < -0.3 is 14.5 Å². The Hall–Kier alpha value is -3.03. The highest BCUT2D eigenvalue weighted by Gasteiger charge is 2.26. The van der Waals surface area contributed by atoms with E-state index in [4.69, 9.17) is 4.74 Å². The zero-order chi connectivity index (χ0) is 21.0. The molecule has 0 N–H and O–H groups in total. The van der Waals surface area contributed by atoms with Crippen LogP contribution in [0.2, 0.25) is 0 Å². The zero-order valence-electron chi connectivity index (χ0n) is 16.0. The van der Waals surface area contributed by atoms with E-state index in [-0.39, 0.29) is 25.4 Å². The molecule has 1 aliphatic heterocycles. The second-order valence-electron chi connectivity index (χ2n) is 6.77. The Balaban J connectivity index is 1.63. The molecule has 1 fully saturated rings. The molecule has 0 aromatic heterocycles. The smallest absolute Gasteiger partial charge is 0.257 e. The summed E-state index contributed by atoms with van der Waals surface area (Å²) >= 11 is 0. The van der Waals surface area contributed by atoms with E-state index in [1.807, 2.05) is 12.1 Å². The summed E-state index contributed by atoms with van der Waals surface area (Å²) in [4.78, 5) is 28.2. The lowest BCUT2D eigenvalue weighted by atomic mass is 10.1. The van der Waals surface area contributed by atoms with Crippen LogP contribution in [0.15, 0.2) is 36.4 Å². The van der Waals surface area contributed by atoms with E-state index < -0.39 is 28.9 Å². The Kier molecular flexibility index (Phi) is 6.41. The van der Waals surface area contributed by atoms with E-state index in [0.29, 0.717) is 25.3 Å². The Morgan fingerprint density at radius 3 is 2.24 bits per heavy atom. The molecule has 8 heteroatoms. The van der Waals surface area contributed by atoms with Crippen molar-refractivity contribution in [1.29, 1.82) is 0 Å². The molecule has 2 aromatic rings. The second-order valence-corrected chi connectivity index (χ2v) is 6.77. The lowest BCUT2D eigenvalue weighted by molar-refractivity contribution is -0.130. The van der Waals surface area contributed by atoms with Crippen molar-refractivity contribution in [2.45, 2.75) is 12.8 Å². The Morgan fingerprint density at radius 1 is 0.897 bits per heavy atom. The van der Waals surface area contributed by atoms with E-state index in [2.05, 4.69) is 0 Å². The van der Waals surface area contributed by atoms with Crippen LogP contribution in [-0.4, -0.2) is 54.9 Å². The number of hydrogen-bond donors (Lipinski definition) is 0. The van der Waals surface area contributed by atoms with Crippen LogP contribution < -0.4 is 4.74 Å². The van der Waals surface area contributed by atoms with Crippen LogP contribution in [-0.2, 0) is 11.2 Å². The van der Waals surface area contributed by atoms with Gasteiger partial charge in [0, 0.05) is 26.2 Å². The van der Waals surface area contributed by atoms with Crippen molar-refractivity contribution in [2.75, 3.05) is 33.3 Å². The number of amides is 2. The van der Waals surface area contributed by atoms with Crippen molar-refractivity contribution in [1.82, 2.24) is 9.80 Å². The number of carbonyl (C=O) groups excluding carboxylic acids is 2. The third-order valence-electron chi connectivity index (χ3n) is 4.92. The van der Waals surface area contributed by atoms with Gasteiger partial charge >= 0.3 is 0 Å². The number of benzene rings is 2. The first-order valence-electron chi connectivity index (χ1n) is 9.24. The summed E-state index contributed by atoms with van der Waals surface area (Å²) in [6.07, 6.45) is 0.723. The highest BCUT2D eigenvalue weighted by molar-refractivity contribution is 5.94. The minimum Gasteiger partial charge on any atom is -0.497 e. The molecule has 0 radical (unpaired) electrons. The van der Waals surface area contributed by atoms with Crippen LogP contribution in [0.25, 0.3) is 0 Å². The molecular weight excluding hydrogens is 385 g/mol. The Labute approximate surface area is 166 Å². The fourth-order valence-corrected chi connectivity index (χ4v) is 3.26. The maximum Gasteiger partial charge on any atom is 0.257 e. The molecule has 2 aromatic carbocycles. The first kappa shape index (κ1) is 20.7. The summed E-state index contributed by atoms with van der Waals surface area (Å²) in [5.41, 5.74) is 0.332. The van der Waals surface area contributed by atoms with Crippen molar-refractivity contribution in [3.8, 4) is 5.75 Å². The molecule has 5 nitrogen and oxygen atoms in total. The number of nitrogens with zero attached hydrogens (tertiary/aromatic N) is 2. The zero-order valence-corrected chi connectivity index (χ0v) is 16.0. The fourth-order valence-electron chi connectivity index (χ4n) is 3.26. The topological polar surface area (TPSA) is 49.9 Å². The van der Waals surface area contributed by atoms with E-state index in [9.17, 15) is 22.8 Å². The number of halogens is 3. The van der Waals surface area contributed by atoms with Crippen LogP contribution in [0, 0.1) is 17.5 Å². The SMILES string of the molecule is COc1ccc(CC(=O)N2CCCN(C(=O)c3ccc(F)c(F)c3F)CC2)cc1. The van der Waals surface area contributed by atoms with Gasteiger partial charge in [-0.1, -0.05) is 12.1 Å². The predicted octanol–water partition coefficient (Wildman–Crippen LogP) is 3.03. The number of ether oxygens (including phenoxy) is 1. The molecule has 1 saturated heterocycles. The minimum absolute atomic E-state index is 0.0801. The molecule has 0 saturated carbocycles. The third kappa shape index (κ3) is 4.70. The highest BCUT2D eigenvalue weighted by atomic mass is 19.2. The lowest BCUT2D eigenvalue weighted by Crippen LogP contribution is -2.38. The molecule has 0 bridgehead atoms. The van der Waals surface area contributed by atoms with E-state index >= 15 is 0 Å². The number of carbonyl (C=O) groups is 2. The van der Waals surface area contributed by atoms with Gasteiger partial charge in [0.2, 0.25) is 5.91 Å². The second kappa shape index (κ2) is 8.98. The maximum atomic E-state index is 13.9. The fraction of sp³-hybridized carbons (Fsp3) is 0.333. The van der Waals surface area contributed by atoms with Gasteiger partial charge in [-0.25, -0.2) is 13.2 Å². The minimum atomic E-state index is -1.66. The quantitative estimate of drug-likeness (QED) is 0.734. The van der Waals surface area contributed by atoms with Crippen LogP contribution in [0.1, 0.15) is 22.3 Å². The summed E-state index contributed by atoms with van der Waals surface area (Å²) in [6.45, 7) is 1.22. The van der Waals surface area contributed by atoms with Crippen molar-refractivity contribution in [2.24, 2.45) is 0 Å². The molecule has 1 heterocycles. The normalized spacial score (nSPS) is 14.5. The standard InChI is InChI=1S/C21H21F3N2O3/c1-29-15-5-3-14(4-6-15)13-18(27)25-9-2-10-26(12-11-25)21(28)16-7-8-17(22)20(24)19(16)23/h3-8H,2,9-13H2,1H3. The summed E-state index contributed by atoms with van der Waals surface area (Å²) < 4.78 is 45.6. The Morgan fingerprint density at radius 2 is 1.55 bits per heavy atom. The van der Waals surface area contributed by atoms with Crippen molar-refractivity contribution >= 4 is 11.8 Å². The van der Waals surface area contributed by atoms with Crippen LogP contribution in [0.3, 0.4) is 0 Å². The predicted molar refractivity (Wildman–Crippen MR) is 100 cm³/mol. The molecular formula is C21H21F3N2O3. The summed E-state index contributed by atoms with van der Waals surface area (Å²) in [5.74, 6) is -4.59. The highest BCUT2D eigenvalue weighted by Crippen LogP contribution is 2.18. The van der Waals surface area contributed by atoms with Gasteiger partial charge in [-0.3, -0.25) is 9.59 Å². The number of rotatable bonds is 4. The van der Waals surface area contributed by atoms with Crippen molar-refractivity contribution in [3.05, 3.63) is 65.0 Å². The van der Waals surface area contributed by atoms with E-state index in [1.54, 1.807) is 24.1 Å². The summed E-state index contributed by atoms with van der Waals surface area (Å²) in [6, 6.07) is 8.86. The van der Waals surface area contributed by atoms with Gasteiger partial charge in [-0.05, 0) is 36.2 Å². The van der Waals surface area contributed by atoms with Crippen molar-refractivity contribution < 1.29 is 27.5 Å². The van der Waals surface area contributed by atoms with Gasteiger partial charge in [0.05, 0.1) is 19.1 Å². The first-order valence-corrected chi connectivity index (χ1v) is 9.24. The number of methoxy groups -OCH3 is 1. The average Bonchev–Trinajstić information content (AvgIpc) is 2.99. The van der Waals surface area contributed by atoms with Gasteiger partial charge in [-0.15, -0.1) is 0 Å². The van der Waals surface area contributed by atoms with Gasteiger partial charge in [-0.2, -0.15) is 0 Å². The molecule has 3 rings (SSSR count). The summed E-state index contributed by atoms with van der Waals surface area (Å²) in [7, 11) is 1.57. The number of hydrogen-bond acceptors (Lipinski definition) is 3. The largest absolute Gasteiger partial charge is 0.497 e. The van der Waals surface area contributed by atoms with Crippen LogP contribution in [0.5, 0.6) is 5.75 Å². The molecule has 0 aliphatic carbocycles. The molecule has 0 spiro atoms. The molecule has 0 unspecified atom stereocenters. The third-order valence-corrected chi connectivity index (χ3v) is 4.92. The van der Waals surface area contributed by atoms with E-state index in [1.165, 1.54) is 4.90 Å². The monoisotopic (exact) mass is 406 g/mol. The Bertz CT molecular complexity index is 903. The lowest BCUT2D eigenvalue weighted by Gasteiger charge is -2.22. The summed E-state index contributed by atoms with van der Waals surface area (Å²) in [5, 5.41) is 0. The average molecular weight is 406 g/mol. The first-order chi connectivity index (χ1) is 13.9. The molecule has 1 aliphatic rings.